The summed E-state index contributed by atoms with van der Waals surface area (Å²) in [6.07, 6.45) is -5.63. The van der Waals surface area contributed by atoms with Crippen molar-refractivity contribution in [3.63, 3.8) is 0 Å². The number of ether oxygens (including phenoxy) is 3. The molecule has 3 heterocycles. The molecule has 4 fully saturated rings. The van der Waals surface area contributed by atoms with E-state index in [0.717, 1.165) is 0 Å². The standard InChI is InChI=1S/C22H30F3N3O7/c1-21(2)12-8-28(20(32)15-10-33-5-6-34-15)17(16(12)21)19(31)27-13(7-11-3-4-26-18(11)30)14(29)9-35-22(23,24)25/h11-13,15-17H,3-10H2,1-2H3,(H,26,30)(H,27,31)/t11-,12-,13-,15-,16-,17-/m0/s1. The molecule has 2 N–H and O–H groups in total. The molecule has 3 aliphatic heterocycles. The number of Topliss-reactive ketones (excluding diaryl/α,β-unsaturated/α-hetero) is 1. The van der Waals surface area contributed by atoms with E-state index in [9.17, 15) is 32.3 Å². The second kappa shape index (κ2) is 9.66. The molecule has 6 atom stereocenters. The van der Waals surface area contributed by atoms with Gasteiger partial charge in [0.25, 0.3) is 5.91 Å². The van der Waals surface area contributed by atoms with E-state index < -0.39 is 54.7 Å². The molecule has 0 aromatic rings. The van der Waals surface area contributed by atoms with Gasteiger partial charge >= 0.3 is 6.36 Å². The molecule has 4 rings (SSSR count). The lowest BCUT2D eigenvalue weighted by Gasteiger charge is -2.34. The van der Waals surface area contributed by atoms with Crippen molar-refractivity contribution < 1.29 is 46.6 Å². The number of carbonyl (C=O) groups excluding carboxylic acids is 4. The van der Waals surface area contributed by atoms with Crippen molar-refractivity contribution in [1.29, 1.82) is 0 Å². The topological polar surface area (TPSA) is 123 Å². The molecule has 0 radical (unpaired) electrons. The number of amides is 3. The number of nitrogens with zero attached hydrogens (tertiary/aromatic N) is 1. The molecular formula is C22H30F3N3O7. The molecule has 13 heteroatoms. The minimum absolute atomic E-state index is 0.0646. The van der Waals surface area contributed by atoms with E-state index in [1.165, 1.54) is 4.90 Å². The molecule has 35 heavy (non-hydrogen) atoms. The Labute approximate surface area is 200 Å². The van der Waals surface area contributed by atoms with Crippen molar-refractivity contribution in [3.8, 4) is 0 Å². The molecule has 0 spiro atoms. The van der Waals surface area contributed by atoms with E-state index in [1.54, 1.807) is 0 Å². The van der Waals surface area contributed by atoms with Crippen molar-refractivity contribution >= 4 is 23.5 Å². The Morgan fingerprint density at radius 2 is 2.03 bits per heavy atom. The first-order valence-corrected chi connectivity index (χ1v) is 11.7. The summed E-state index contributed by atoms with van der Waals surface area (Å²) in [6, 6.07) is -2.28. The summed E-state index contributed by atoms with van der Waals surface area (Å²) in [7, 11) is 0. The van der Waals surface area contributed by atoms with Gasteiger partial charge in [0.1, 0.15) is 12.6 Å². The number of likely N-dealkylation sites (tertiary alicyclic amines) is 1. The number of fused-ring (bicyclic) bond motifs is 1. The van der Waals surface area contributed by atoms with E-state index in [0.29, 0.717) is 26.1 Å². The molecule has 4 aliphatic rings. The van der Waals surface area contributed by atoms with Gasteiger partial charge in [0, 0.05) is 19.0 Å². The van der Waals surface area contributed by atoms with E-state index in [-0.39, 0.29) is 42.8 Å². The van der Waals surface area contributed by atoms with E-state index in [1.807, 2.05) is 13.8 Å². The number of piperidine rings is 1. The van der Waals surface area contributed by atoms with Gasteiger partial charge in [-0.25, -0.2) is 0 Å². The molecule has 0 aromatic carbocycles. The van der Waals surface area contributed by atoms with Crippen molar-refractivity contribution in [3.05, 3.63) is 0 Å². The highest BCUT2D eigenvalue weighted by Crippen LogP contribution is 2.65. The summed E-state index contributed by atoms with van der Waals surface area (Å²) in [5, 5.41) is 5.15. The molecule has 1 aliphatic carbocycles. The van der Waals surface area contributed by atoms with Crippen LogP contribution in [-0.4, -0.2) is 92.5 Å². The number of carbonyl (C=O) groups is 4. The zero-order valence-electron chi connectivity index (χ0n) is 19.6. The lowest BCUT2D eigenvalue weighted by atomic mass is 9.94. The average Bonchev–Trinajstić information content (AvgIpc) is 3.16. The predicted molar refractivity (Wildman–Crippen MR) is 111 cm³/mol. The van der Waals surface area contributed by atoms with Crippen LogP contribution in [0.1, 0.15) is 26.7 Å². The number of nitrogens with one attached hydrogen (secondary N) is 2. The molecule has 1 saturated carbocycles. The maximum atomic E-state index is 13.4. The van der Waals surface area contributed by atoms with Crippen LogP contribution in [0.25, 0.3) is 0 Å². The second-order valence-corrected chi connectivity index (χ2v) is 10.1. The normalized spacial score (nSPS) is 32.5. The number of ketones is 1. The van der Waals surface area contributed by atoms with Crippen LogP contribution in [0.5, 0.6) is 0 Å². The number of halogens is 3. The van der Waals surface area contributed by atoms with Gasteiger partial charge in [-0.3, -0.25) is 23.9 Å². The molecular weight excluding hydrogens is 475 g/mol. The highest BCUT2D eigenvalue weighted by molar-refractivity contribution is 5.95. The maximum Gasteiger partial charge on any atom is 0.522 e. The third-order valence-electron chi connectivity index (χ3n) is 7.62. The number of hydrogen-bond donors (Lipinski definition) is 2. The van der Waals surface area contributed by atoms with Gasteiger partial charge < -0.3 is 25.0 Å². The van der Waals surface area contributed by atoms with Crippen molar-refractivity contribution in [2.24, 2.45) is 23.2 Å². The van der Waals surface area contributed by atoms with Crippen LogP contribution in [0, 0.1) is 23.2 Å². The first-order valence-electron chi connectivity index (χ1n) is 11.7. The van der Waals surface area contributed by atoms with Crippen LogP contribution >= 0.6 is 0 Å². The van der Waals surface area contributed by atoms with E-state index in [2.05, 4.69) is 15.4 Å². The molecule has 0 aromatic heterocycles. The zero-order valence-corrected chi connectivity index (χ0v) is 19.6. The monoisotopic (exact) mass is 505 g/mol. The largest absolute Gasteiger partial charge is 0.522 e. The molecule has 10 nitrogen and oxygen atoms in total. The van der Waals surface area contributed by atoms with Crippen molar-refractivity contribution in [2.75, 3.05) is 39.5 Å². The smallest absolute Gasteiger partial charge is 0.376 e. The van der Waals surface area contributed by atoms with Crippen LogP contribution in [0.2, 0.25) is 0 Å². The van der Waals surface area contributed by atoms with Gasteiger partial charge in [0.05, 0.1) is 25.9 Å². The fourth-order valence-electron chi connectivity index (χ4n) is 5.56. The third kappa shape index (κ3) is 5.46. The Kier molecular flexibility index (Phi) is 7.13. The van der Waals surface area contributed by atoms with Gasteiger partial charge in [-0.05, 0) is 30.1 Å². The minimum Gasteiger partial charge on any atom is -0.376 e. The summed E-state index contributed by atoms with van der Waals surface area (Å²) < 4.78 is 52.0. The van der Waals surface area contributed by atoms with Crippen LogP contribution in [0.15, 0.2) is 0 Å². The van der Waals surface area contributed by atoms with Crippen LogP contribution < -0.4 is 10.6 Å². The Hall–Kier alpha value is -2.25. The zero-order chi connectivity index (χ0) is 25.5. The third-order valence-corrected chi connectivity index (χ3v) is 7.62. The van der Waals surface area contributed by atoms with Gasteiger partial charge in [0.2, 0.25) is 11.8 Å². The van der Waals surface area contributed by atoms with Crippen molar-refractivity contribution in [2.45, 2.75) is 51.2 Å². The Morgan fingerprint density at radius 1 is 1.29 bits per heavy atom. The highest BCUT2D eigenvalue weighted by atomic mass is 19.4. The first-order chi connectivity index (χ1) is 16.4. The second-order valence-electron chi connectivity index (χ2n) is 10.1. The maximum absolute atomic E-state index is 13.4. The predicted octanol–water partition coefficient (Wildman–Crippen LogP) is 0.00130. The molecule has 3 saturated heterocycles. The van der Waals surface area contributed by atoms with Crippen LogP contribution in [-0.2, 0) is 33.4 Å². The van der Waals surface area contributed by atoms with Gasteiger partial charge in [0.15, 0.2) is 11.9 Å². The van der Waals surface area contributed by atoms with Crippen molar-refractivity contribution in [1.82, 2.24) is 15.5 Å². The van der Waals surface area contributed by atoms with E-state index in [4.69, 9.17) is 9.47 Å². The van der Waals surface area contributed by atoms with Gasteiger partial charge in [-0.2, -0.15) is 0 Å². The van der Waals surface area contributed by atoms with E-state index >= 15 is 0 Å². The summed E-state index contributed by atoms with van der Waals surface area (Å²) in [5.74, 6) is -3.10. The number of hydrogen-bond acceptors (Lipinski definition) is 7. The van der Waals surface area contributed by atoms with Gasteiger partial charge in [-0.15, -0.1) is 13.2 Å². The summed E-state index contributed by atoms with van der Waals surface area (Å²) in [6.45, 7) is 4.05. The summed E-state index contributed by atoms with van der Waals surface area (Å²) >= 11 is 0. The number of alkyl halides is 3. The fourth-order valence-corrected chi connectivity index (χ4v) is 5.56. The quantitative estimate of drug-likeness (QED) is 0.476. The molecule has 196 valence electrons. The SMILES string of the molecule is CC1(C)[C@@H]2[C@@H](C(=O)N[C@@H](C[C@@H]3CCNC3=O)C(=O)COC(F)(F)F)N(C(=O)[C@@H]3COCCO3)C[C@@H]21. The number of rotatable bonds is 8. The molecule has 0 bridgehead atoms. The highest BCUT2D eigenvalue weighted by Gasteiger charge is 2.69. The minimum atomic E-state index is -5.02. The first kappa shape index (κ1) is 25.8. The van der Waals surface area contributed by atoms with Crippen LogP contribution in [0.3, 0.4) is 0 Å². The summed E-state index contributed by atoms with van der Waals surface area (Å²) in [4.78, 5) is 52.6. The lowest BCUT2D eigenvalue weighted by Crippen LogP contribution is -2.57. The average molecular weight is 505 g/mol. The Balaban J connectivity index is 1.50. The Bertz CT molecular complexity index is 875. The molecule has 0 unspecified atom stereocenters. The summed E-state index contributed by atoms with van der Waals surface area (Å²) in [5.41, 5.74) is -0.215. The van der Waals surface area contributed by atoms with Gasteiger partial charge in [-0.1, -0.05) is 13.8 Å². The van der Waals surface area contributed by atoms with Crippen LogP contribution in [0.4, 0.5) is 13.2 Å². The molecule has 3 amide bonds. The fraction of sp³-hybridized carbons (Fsp3) is 0.818. The Morgan fingerprint density at radius 3 is 2.63 bits per heavy atom. The lowest BCUT2D eigenvalue weighted by molar-refractivity contribution is -0.321.